The van der Waals surface area contributed by atoms with Crippen molar-refractivity contribution in [3.05, 3.63) is 44.9 Å². The number of carbonyl (C=O) groups is 2. The predicted octanol–water partition coefficient (Wildman–Crippen LogP) is 5.31. The first-order valence-corrected chi connectivity index (χ1v) is 18.7. The first-order valence-electron chi connectivity index (χ1n) is 14.9. The quantitative estimate of drug-likeness (QED) is 0.340. The summed E-state index contributed by atoms with van der Waals surface area (Å²) in [6.07, 6.45) is 3.41. The molecule has 226 valence electrons. The van der Waals surface area contributed by atoms with E-state index in [0.717, 1.165) is 65.4 Å². The van der Waals surface area contributed by atoms with Crippen molar-refractivity contribution in [2.24, 2.45) is 5.73 Å². The number of likely N-dealkylation sites (N-methyl/N-ethyl adjacent to an activating group) is 1. The molecule has 0 spiro atoms. The van der Waals surface area contributed by atoms with Crippen LogP contribution in [0.2, 0.25) is 18.1 Å². The number of aryl methyl sites for hydroxylation is 1. The van der Waals surface area contributed by atoms with Crippen LogP contribution < -0.4 is 11.1 Å². The zero-order valence-electron chi connectivity index (χ0n) is 26.2. The van der Waals surface area contributed by atoms with Crippen molar-refractivity contribution in [1.29, 1.82) is 0 Å². The molecule has 0 saturated heterocycles. The second-order valence-electron chi connectivity index (χ2n) is 13.7. The molecule has 1 saturated carbocycles. The van der Waals surface area contributed by atoms with E-state index < -0.39 is 13.7 Å². The molecule has 1 aliphatic heterocycles. The van der Waals surface area contributed by atoms with Gasteiger partial charge >= 0.3 is 0 Å². The highest BCUT2D eigenvalue weighted by atomic mass is 32.1. The van der Waals surface area contributed by atoms with Crippen LogP contribution >= 0.6 is 11.3 Å². The third kappa shape index (κ3) is 6.71. The van der Waals surface area contributed by atoms with E-state index >= 15 is 0 Å². The van der Waals surface area contributed by atoms with Gasteiger partial charge in [-0.05, 0) is 88.1 Å². The zero-order valence-corrected chi connectivity index (χ0v) is 28.0. The van der Waals surface area contributed by atoms with Crippen LogP contribution in [0, 0.1) is 6.92 Å². The second-order valence-corrected chi connectivity index (χ2v) is 19.3. The number of nitrogens with zero attached hydrogens (tertiary/aromatic N) is 3. The fourth-order valence-electron chi connectivity index (χ4n) is 5.68. The normalized spacial score (nSPS) is 21.4. The van der Waals surface area contributed by atoms with Gasteiger partial charge in [-0.25, -0.2) is 4.98 Å². The number of thiazole rings is 1. The van der Waals surface area contributed by atoms with E-state index in [0.29, 0.717) is 26.0 Å². The van der Waals surface area contributed by atoms with Crippen LogP contribution in [0.1, 0.15) is 78.6 Å². The Morgan fingerprint density at radius 1 is 1.27 bits per heavy atom. The van der Waals surface area contributed by atoms with Gasteiger partial charge in [0.1, 0.15) is 10.4 Å². The highest BCUT2D eigenvalue weighted by Gasteiger charge is 2.47. The molecule has 8 nitrogen and oxygen atoms in total. The van der Waals surface area contributed by atoms with Gasteiger partial charge in [0.15, 0.2) is 8.32 Å². The van der Waals surface area contributed by atoms with Gasteiger partial charge in [0.2, 0.25) is 5.91 Å². The summed E-state index contributed by atoms with van der Waals surface area (Å²) in [5.74, 6) is -0.219. The van der Waals surface area contributed by atoms with Gasteiger partial charge in [-0.1, -0.05) is 20.8 Å². The lowest BCUT2D eigenvalue weighted by atomic mass is 9.72. The molecule has 2 aromatic rings. The summed E-state index contributed by atoms with van der Waals surface area (Å²) in [6.45, 7) is 16.3. The minimum Gasteiger partial charge on any atom is -0.416 e. The van der Waals surface area contributed by atoms with E-state index in [4.69, 9.17) is 15.1 Å². The molecule has 2 aliphatic rings. The lowest BCUT2D eigenvalue weighted by Crippen LogP contribution is -2.48. The molecule has 2 amide bonds. The summed E-state index contributed by atoms with van der Waals surface area (Å²) in [5.41, 5.74) is 10.3. The van der Waals surface area contributed by atoms with Crippen LogP contribution in [0.3, 0.4) is 0 Å². The molecule has 10 heteroatoms. The number of benzene rings is 1. The average Bonchev–Trinajstić information content (AvgIpc) is 3.48. The molecule has 0 unspecified atom stereocenters. The molecule has 0 bridgehead atoms. The van der Waals surface area contributed by atoms with Gasteiger partial charge in [-0.2, -0.15) is 0 Å². The standard InChI is InChI=1S/C31H49N5O3SSi/c1-21-17-23(33-14-15-35(5)6)18-25-26(21)19-36(27(25)37)24-9-12-31(13-10-24,28(32)38)29-34-22(20-40-29)11-16-39-41(7,8)30(2,3)4/h17-18,20,24,33H,9-16,19H2,1-8H3,(H2,32,38). The number of aromatic nitrogens is 1. The Bertz CT molecular complexity index is 1260. The minimum atomic E-state index is -1.82. The lowest BCUT2D eigenvalue weighted by Gasteiger charge is -2.39. The molecule has 41 heavy (non-hydrogen) atoms. The van der Waals surface area contributed by atoms with E-state index in [1.807, 2.05) is 25.1 Å². The third-order valence-corrected chi connectivity index (χ3v) is 15.1. The number of hydrogen-bond donors (Lipinski definition) is 2. The number of hydrogen-bond acceptors (Lipinski definition) is 7. The van der Waals surface area contributed by atoms with E-state index in [2.05, 4.69) is 62.5 Å². The molecule has 1 fully saturated rings. The highest BCUT2D eigenvalue weighted by molar-refractivity contribution is 7.10. The maximum atomic E-state index is 13.6. The van der Waals surface area contributed by atoms with Gasteiger partial charge in [0.25, 0.3) is 5.91 Å². The summed E-state index contributed by atoms with van der Waals surface area (Å²) in [7, 11) is 2.28. The van der Waals surface area contributed by atoms with Crippen LogP contribution in [0.15, 0.2) is 17.5 Å². The number of rotatable bonds is 11. The molecule has 0 atom stereocenters. The molecular weight excluding hydrogens is 551 g/mol. The largest absolute Gasteiger partial charge is 0.416 e. The summed E-state index contributed by atoms with van der Waals surface area (Å²) in [6, 6.07) is 4.23. The number of amides is 2. The number of anilines is 1. The van der Waals surface area contributed by atoms with E-state index in [-0.39, 0.29) is 22.9 Å². The zero-order chi connectivity index (χ0) is 30.2. The van der Waals surface area contributed by atoms with Crippen molar-refractivity contribution in [1.82, 2.24) is 14.8 Å². The van der Waals surface area contributed by atoms with Crippen LogP contribution in [-0.2, 0) is 27.6 Å². The summed E-state index contributed by atoms with van der Waals surface area (Å²) in [4.78, 5) is 35.5. The monoisotopic (exact) mass is 599 g/mol. The lowest BCUT2D eigenvalue weighted by molar-refractivity contribution is -0.125. The van der Waals surface area contributed by atoms with Crippen LogP contribution in [0.25, 0.3) is 0 Å². The number of nitrogens with two attached hydrogens (primary N) is 1. The Morgan fingerprint density at radius 3 is 2.56 bits per heavy atom. The Morgan fingerprint density at radius 2 is 1.95 bits per heavy atom. The Kier molecular flexibility index (Phi) is 9.38. The summed E-state index contributed by atoms with van der Waals surface area (Å²) >= 11 is 1.54. The van der Waals surface area contributed by atoms with Gasteiger partial charge in [-0.3, -0.25) is 9.59 Å². The van der Waals surface area contributed by atoms with Crippen molar-refractivity contribution in [2.75, 3.05) is 39.1 Å². The van der Waals surface area contributed by atoms with E-state index in [1.54, 1.807) is 0 Å². The van der Waals surface area contributed by atoms with Crippen molar-refractivity contribution >= 4 is 37.2 Å². The number of nitrogens with one attached hydrogen (secondary N) is 1. The molecular formula is C31H49N5O3SSi. The van der Waals surface area contributed by atoms with E-state index in [1.165, 1.54) is 11.3 Å². The third-order valence-electron chi connectivity index (χ3n) is 9.49. The molecule has 4 rings (SSSR count). The summed E-state index contributed by atoms with van der Waals surface area (Å²) in [5, 5.41) is 6.48. The summed E-state index contributed by atoms with van der Waals surface area (Å²) < 4.78 is 6.35. The second kappa shape index (κ2) is 12.1. The van der Waals surface area contributed by atoms with Crippen LogP contribution in [0.4, 0.5) is 5.69 Å². The first-order chi connectivity index (χ1) is 19.1. The van der Waals surface area contributed by atoms with Gasteiger partial charge in [0, 0.05) is 55.3 Å². The van der Waals surface area contributed by atoms with Gasteiger partial charge < -0.3 is 25.3 Å². The topological polar surface area (TPSA) is 101 Å². The molecule has 1 aromatic heterocycles. The Hall–Kier alpha value is -2.27. The van der Waals surface area contributed by atoms with E-state index in [9.17, 15) is 9.59 Å². The maximum Gasteiger partial charge on any atom is 0.254 e. The van der Waals surface area contributed by atoms with Crippen molar-refractivity contribution in [3.8, 4) is 0 Å². The Labute approximate surface area is 251 Å². The molecule has 0 radical (unpaired) electrons. The van der Waals surface area contributed by atoms with Gasteiger partial charge in [-0.15, -0.1) is 11.3 Å². The van der Waals surface area contributed by atoms with Gasteiger partial charge in [0.05, 0.1) is 5.69 Å². The molecule has 3 N–H and O–H groups in total. The number of carbonyl (C=O) groups excluding carboxylic acids is 2. The smallest absolute Gasteiger partial charge is 0.254 e. The minimum absolute atomic E-state index is 0.0874. The average molecular weight is 600 g/mol. The Balaban J connectivity index is 1.40. The first kappa shape index (κ1) is 31.7. The maximum absolute atomic E-state index is 13.6. The fraction of sp³-hybridized carbons (Fsp3) is 0.645. The fourth-order valence-corrected chi connectivity index (χ4v) is 7.84. The molecule has 1 aliphatic carbocycles. The number of fused-ring (bicyclic) bond motifs is 1. The predicted molar refractivity (Wildman–Crippen MR) is 170 cm³/mol. The van der Waals surface area contributed by atoms with Crippen molar-refractivity contribution in [2.45, 2.75) is 95.9 Å². The van der Waals surface area contributed by atoms with Crippen LogP contribution in [0.5, 0.6) is 0 Å². The number of primary amides is 1. The SMILES string of the molecule is Cc1cc(NCCN(C)C)cc2c1CN(C1CCC(C(N)=O)(c3nc(CCO[Si](C)(C)C(C)(C)C)cs3)CC1)C2=O. The van der Waals surface area contributed by atoms with Crippen molar-refractivity contribution < 1.29 is 14.0 Å². The van der Waals surface area contributed by atoms with Crippen molar-refractivity contribution in [3.63, 3.8) is 0 Å². The van der Waals surface area contributed by atoms with Crippen LogP contribution in [-0.4, -0.2) is 74.7 Å². The highest BCUT2D eigenvalue weighted by Crippen LogP contribution is 2.44. The molecule has 1 aromatic carbocycles. The molecule has 2 heterocycles.